The Hall–Kier alpha value is -12.3. The number of rotatable bonds is 6. The predicted molar refractivity (Wildman–Crippen MR) is 464 cm³/mol. The molecule has 522 valence electrons. The van der Waals surface area contributed by atoms with Gasteiger partial charge in [-0.15, -0.1) is 0 Å². The highest BCUT2D eigenvalue weighted by Gasteiger charge is 2.42. The van der Waals surface area contributed by atoms with Gasteiger partial charge < -0.3 is 27.4 Å². The highest BCUT2D eigenvalue weighted by Crippen LogP contribution is 2.65. The zero-order valence-corrected chi connectivity index (χ0v) is 64.2. The van der Waals surface area contributed by atoms with Crippen molar-refractivity contribution in [2.45, 2.75) is 77.0 Å². The summed E-state index contributed by atoms with van der Waals surface area (Å²) in [7, 11) is -2.86. The fourth-order valence-electron chi connectivity index (χ4n) is 21.9. The van der Waals surface area contributed by atoms with E-state index < -0.39 is 14.7 Å². The van der Waals surface area contributed by atoms with E-state index >= 15 is 0 Å². The van der Waals surface area contributed by atoms with E-state index in [4.69, 9.17) is 0 Å². The predicted octanol–water partition coefficient (Wildman–Crippen LogP) is 27.8. The van der Waals surface area contributed by atoms with E-state index in [0.717, 1.165) is 34.1 Å². The van der Waals surface area contributed by atoms with Gasteiger partial charge >= 0.3 is 0 Å². The van der Waals surface area contributed by atoms with Crippen molar-refractivity contribution >= 4 is 112 Å². The van der Waals surface area contributed by atoms with Crippen molar-refractivity contribution in [1.82, 2.24) is 27.4 Å². The van der Waals surface area contributed by atoms with E-state index in [1.54, 1.807) is 0 Å². The van der Waals surface area contributed by atoms with Crippen LogP contribution in [0.15, 0.2) is 303 Å². The van der Waals surface area contributed by atoms with Crippen LogP contribution < -0.4 is 0 Å². The quantitative estimate of drug-likeness (QED) is 0.117. The molecule has 110 heavy (non-hydrogen) atoms. The molecule has 0 radical (unpaired) electrons. The third-order valence-corrected chi connectivity index (χ3v) is 32.2. The molecule has 0 fully saturated rings. The van der Waals surface area contributed by atoms with Crippen molar-refractivity contribution in [2.24, 2.45) is 0 Å². The fourth-order valence-corrected chi connectivity index (χ4v) is 28.1. The lowest BCUT2D eigenvalue weighted by Crippen LogP contribution is -2.17. The SMILES string of the molecule is CC1(C)c2ccccc2-c2ccc(-n3c4cccc5c4p4c6c(cccc6n(-c6ccc7c(c6)C(C)(C)c6ccccc6-7)c6c7c8c(c3c64)n(-c3ccc4c(c3)C(C)(C)c3ccccc3-4)c3cccc4c3p8c3c(cccc3n7-c3ccc6c(c3)C(C)(C)c3ccccc3-6)n4-c3ccccc3)n5-c3ccccc3)cc21. The van der Waals surface area contributed by atoms with Crippen LogP contribution in [-0.4, -0.2) is 27.4 Å². The van der Waals surface area contributed by atoms with Crippen LogP contribution in [0.2, 0.25) is 0 Å². The molecule has 4 aliphatic carbocycles. The summed E-state index contributed by atoms with van der Waals surface area (Å²) < 4.78 is 16.5. The molecular formula is C102H74N6P2. The molecule has 0 aliphatic heterocycles. The van der Waals surface area contributed by atoms with Crippen molar-refractivity contribution in [3.8, 4) is 78.6 Å². The molecule has 6 heterocycles. The van der Waals surface area contributed by atoms with Gasteiger partial charge in [0.2, 0.25) is 0 Å². The molecule has 25 rings (SSSR count). The summed E-state index contributed by atoms with van der Waals surface area (Å²) in [6.45, 7) is 19.6. The second-order valence-corrected chi connectivity index (χ2v) is 37.7. The van der Waals surface area contributed by atoms with Gasteiger partial charge in [0.05, 0.1) is 76.4 Å². The Morgan fingerprint density at radius 2 is 0.382 bits per heavy atom. The number of aromatic nitrogens is 6. The van der Waals surface area contributed by atoms with Crippen molar-refractivity contribution < 1.29 is 0 Å². The first-order valence-corrected chi connectivity index (χ1v) is 41.6. The number of hydrogen-bond acceptors (Lipinski definition) is 0. The van der Waals surface area contributed by atoms with Crippen LogP contribution in [0.4, 0.5) is 0 Å². The summed E-state index contributed by atoms with van der Waals surface area (Å²) in [6.07, 6.45) is 0. The Bertz CT molecular complexity index is 6900. The third-order valence-electron chi connectivity index (χ3n) is 26.8. The molecule has 0 spiro atoms. The fraction of sp³-hybridized carbons (Fsp3) is 0.118. The lowest BCUT2D eigenvalue weighted by molar-refractivity contribution is 0.659. The summed E-state index contributed by atoms with van der Waals surface area (Å²) in [5, 5.41) is 8.20. The summed E-state index contributed by atoms with van der Waals surface area (Å²) in [5.41, 5.74) is 41.7. The summed E-state index contributed by atoms with van der Waals surface area (Å²) >= 11 is 0. The molecule has 0 unspecified atom stereocenters. The molecule has 8 heteroatoms. The van der Waals surface area contributed by atoms with Gasteiger partial charge in [-0.05, 0) is 210 Å². The molecule has 0 N–H and O–H groups in total. The second-order valence-electron chi connectivity index (χ2n) is 33.6. The van der Waals surface area contributed by atoms with Crippen LogP contribution in [0.3, 0.4) is 0 Å². The number of hydrogen-bond donors (Lipinski definition) is 0. The zero-order chi connectivity index (χ0) is 73.1. The van der Waals surface area contributed by atoms with E-state index in [-0.39, 0.29) is 21.7 Å². The maximum Gasteiger partial charge on any atom is 0.0852 e. The maximum absolute atomic E-state index is 2.82. The van der Waals surface area contributed by atoms with Crippen LogP contribution in [0.1, 0.15) is 99.9 Å². The van der Waals surface area contributed by atoms with Crippen LogP contribution in [-0.2, 0) is 21.7 Å². The van der Waals surface area contributed by atoms with E-state index in [9.17, 15) is 0 Å². The molecule has 15 aromatic carbocycles. The van der Waals surface area contributed by atoms with Crippen LogP contribution in [0, 0.1) is 0 Å². The number of fused-ring (bicyclic) bond motifs is 14. The molecule has 21 aromatic rings. The molecule has 0 saturated carbocycles. The molecule has 0 amide bonds. The molecule has 6 aromatic heterocycles. The first kappa shape index (κ1) is 61.7. The maximum atomic E-state index is 2.82. The molecule has 0 bridgehead atoms. The van der Waals surface area contributed by atoms with Gasteiger partial charge in [0.15, 0.2) is 0 Å². The summed E-state index contributed by atoms with van der Waals surface area (Å²) in [4.78, 5) is 0. The molecular weight excluding hydrogens is 1370 g/mol. The molecule has 0 atom stereocenters. The van der Waals surface area contributed by atoms with Gasteiger partial charge in [-0.2, -0.15) is 0 Å². The highest BCUT2D eigenvalue weighted by molar-refractivity contribution is 7.65. The first-order chi connectivity index (χ1) is 53.7. The summed E-state index contributed by atoms with van der Waals surface area (Å²) in [5.74, 6) is 0. The minimum atomic E-state index is -1.43. The van der Waals surface area contributed by atoms with Crippen molar-refractivity contribution in [1.29, 1.82) is 0 Å². The van der Waals surface area contributed by atoms with Gasteiger partial charge in [-0.25, -0.2) is 0 Å². The van der Waals surface area contributed by atoms with Crippen molar-refractivity contribution in [3.05, 3.63) is 348 Å². The van der Waals surface area contributed by atoms with E-state index in [1.165, 1.54) is 186 Å². The first-order valence-electron chi connectivity index (χ1n) is 38.9. The Morgan fingerprint density at radius 3 is 0.627 bits per heavy atom. The van der Waals surface area contributed by atoms with E-state index in [1.807, 2.05) is 0 Å². The molecule has 0 saturated heterocycles. The number of para-hydroxylation sites is 2. The molecule has 4 aliphatic rings. The number of nitrogens with zero attached hydrogens (tertiary/aromatic N) is 6. The smallest absolute Gasteiger partial charge is 0.0852 e. The summed E-state index contributed by atoms with van der Waals surface area (Å²) in [6, 6.07) is 119. The van der Waals surface area contributed by atoms with Crippen molar-refractivity contribution in [3.63, 3.8) is 0 Å². The monoisotopic (exact) mass is 1440 g/mol. The largest absolute Gasteiger partial charge is 0.308 e. The van der Waals surface area contributed by atoms with E-state index in [2.05, 4.69) is 386 Å². The topological polar surface area (TPSA) is 29.6 Å². The lowest BCUT2D eigenvalue weighted by atomic mass is 9.82. The minimum Gasteiger partial charge on any atom is -0.308 e. The normalized spacial score (nSPS) is 15.2. The van der Waals surface area contributed by atoms with Gasteiger partial charge in [-0.1, -0.05) is 252 Å². The highest BCUT2D eigenvalue weighted by atomic mass is 31.1. The van der Waals surface area contributed by atoms with Gasteiger partial charge in [0.25, 0.3) is 0 Å². The molecule has 6 nitrogen and oxygen atoms in total. The van der Waals surface area contributed by atoms with Gasteiger partial charge in [0, 0.05) is 76.3 Å². The van der Waals surface area contributed by atoms with Crippen molar-refractivity contribution in [2.75, 3.05) is 0 Å². The Labute approximate surface area is 638 Å². The van der Waals surface area contributed by atoms with Gasteiger partial charge in [0.1, 0.15) is 0 Å². The minimum absolute atomic E-state index is 0.293. The van der Waals surface area contributed by atoms with E-state index in [0.29, 0.717) is 0 Å². The standard InChI is InChI=1S/C102H74N6P2/c1-99(2)73-35-19-15-31-65(73)69-51-47-61(55-77(69)99)105-85-43-23-39-81-93(85)109-94-82(103(81)59-27-11-9-12-28-59)40-25-45-87(94)107(63-49-53-71-67-33-17-21-37-75(67)101(5,6)79(71)57-63)91-92-98-90(89(105)97(91)109)106(62-48-52-70-66-32-16-20-36-74(66)100(3,4)78(70)56-62)86-44-24-41-83-95(86)110(98)96-84(104(83)60-29-13-10-14-30-60)42-26-46-88(96)108(92)64-50-54-72-68-34-18-22-38-76(68)102(7,8)80(72)58-64/h9-58H,1-8H3. The third kappa shape index (κ3) is 7.44. The average molecular weight is 1450 g/mol. The zero-order valence-electron chi connectivity index (χ0n) is 62.4. The van der Waals surface area contributed by atoms with Crippen LogP contribution in [0.5, 0.6) is 0 Å². The van der Waals surface area contributed by atoms with Gasteiger partial charge in [-0.3, -0.25) is 0 Å². The number of benzene rings is 15. The Balaban J connectivity index is 1.00. The second kappa shape index (κ2) is 20.9. The Morgan fingerprint density at radius 1 is 0.173 bits per heavy atom. The average Bonchev–Trinajstić information content (AvgIpc) is 0.793. The van der Waals surface area contributed by atoms with Crippen LogP contribution in [0.25, 0.3) is 176 Å². The van der Waals surface area contributed by atoms with Crippen LogP contribution >= 0.6 is 14.7 Å². The Kier molecular flexibility index (Phi) is 11.7. The lowest BCUT2D eigenvalue weighted by Gasteiger charge is -2.34.